The summed E-state index contributed by atoms with van der Waals surface area (Å²) in [4.78, 5) is 13.0. The predicted molar refractivity (Wildman–Crippen MR) is 78.2 cm³/mol. The summed E-state index contributed by atoms with van der Waals surface area (Å²) in [6.45, 7) is 2.12. The third-order valence-electron chi connectivity index (χ3n) is 3.20. The Labute approximate surface area is 120 Å². The number of imidazole rings is 1. The first-order valence-corrected chi connectivity index (χ1v) is 7.30. The number of halogens is 1. The van der Waals surface area contributed by atoms with Crippen molar-refractivity contribution in [3.63, 3.8) is 0 Å². The smallest absolute Gasteiger partial charge is 0.123 e. The summed E-state index contributed by atoms with van der Waals surface area (Å²) in [6, 6.07) is 6.53. The third kappa shape index (κ3) is 2.49. The topological polar surface area (TPSA) is 41.6 Å². The van der Waals surface area contributed by atoms with E-state index in [1.54, 1.807) is 23.6 Å². The maximum Gasteiger partial charge on any atom is 0.123 e. The van der Waals surface area contributed by atoms with Gasteiger partial charge in [0.25, 0.3) is 0 Å². The highest BCUT2D eigenvalue weighted by Gasteiger charge is 2.18. The molecule has 0 saturated carbocycles. The van der Waals surface area contributed by atoms with E-state index in [1.807, 2.05) is 18.5 Å². The van der Waals surface area contributed by atoms with Crippen molar-refractivity contribution in [2.75, 3.05) is 0 Å². The number of aromatic amines is 1. The number of H-pyrrole nitrogens is 1. The Morgan fingerprint density at radius 3 is 2.95 bits per heavy atom. The number of nitrogens with one attached hydrogen (secondary N) is 1. The van der Waals surface area contributed by atoms with Crippen molar-refractivity contribution in [1.82, 2.24) is 15.0 Å². The van der Waals surface area contributed by atoms with Gasteiger partial charge in [-0.1, -0.05) is 19.1 Å². The van der Waals surface area contributed by atoms with Crippen molar-refractivity contribution >= 4 is 11.3 Å². The number of benzene rings is 1. The van der Waals surface area contributed by atoms with Crippen LogP contribution in [0.2, 0.25) is 0 Å². The van der Waals surface area contributed by atoms with Crippen molar-refractivity contribution in [3.8, 4) is 10.6 Å². The maximum absolute atomic E-state index is 13.3. The van der Waals surface area contributed by atoms with E-state index in [9.17, 15) is 4.39 Å². The van der Waals surface area contributed by atoms with Gasteiger partial charge in [-0.25, -0.2) is 14.4 Å². The number of hydrogen-bond donors (Lipinski definition) is 1. The lowest BCUT2D eigenvalue weighted by Gasteiger charge is -2.08. The molecule has 1 N–H and O–H groups in total. The molecule has 3 aromatic rings. The molecule has 1 unspecified atom stereocenters. The Hall–Kier alpha value is -2.01. The first-order valence-electron chi connectivity index (χ1n) is 6.49. The van der Waals surface area contributed by atoms with Crippen molar-refractivity contribution in [2.24, 2.45) is 0 Å². The summed E-state index contributed by atoms with van der Waals surface area (Å²) in [7, 11) is 0. The van der Waals surface area contributed by atoms with Crippen LogP contribution in [0.25, 0.3) is 10.6 Å². The number of hydrogen-bond acceptors (Lipinski definition) is 3. The second-order valence-corrected chi connectivity index (χ2v) is 5.58. The average molecular weight is 287 g/mol. The van der Waals surface area contributed by atoms with Gasteiger partial charge in [-0.2, -0.15) is 0 Å². The van der Waals surface area contributed by atoms with Gasteiger partial charge in [-0.05, 0) is 18.6 Å². The molecule has 0 fully saturated rings. The van der Waals surface area contributed by atoms with Gasteiger partial charge < -0.3 is 4.98 Å². The van der Waals surface area contributed by atoms with Crippen molar-refractivity contribution in [3.05, 3.63) is 59.4 Å². The fraction of sp³-hybridized carbons (Fsp3) is 0.200. The fourth-order valence-corrected chi connectivity index (χ4v) is 3.30. The molecule has 0 saturated heterocycles. The molecule has 0 spiro atoms. The van der Waals surface area contributed by atoms with Crippen LogP contribution in [-0.4, -0.2) is 15.0 Å². The lowest BCUT2D eigenvalue weighted by Crippen LogP contribution is -1.99. The molecule has 0 aliphatic rings. The highest BCUT2D eigenvalue weighted by molar-refractivity contribution is 7.15. The average Bonchev–Trinajstić information content (AvgIpc) is 3.11. The summed E-state index contributed by atoms with van der Waals surface area (Å²) in [5.41, 5.74) is 0.815. The summed E-state index contributed by atoms with van der Waals surface area (Å²) in [6.07, 6.45) is 6.39. The van der Waals surface area contributed by atoms with Crippen LogP contribution in [0.5, 0.6) is 0 Å². The van der Waals surface area contributed by atoms with Gasteiger partial charge in [0.05, 0.1) is 5.92 Å². The Morgan fingerprint density at radius 2 is 2.25 bits per heavy atom. The molecule has 1 atom stereocenters. The van der Waals surface area contributed by atoms with E-state index < -0.39 is 0 Å². The van der Waals surface area contributed by atoms with Gasteiger partial charge in [0, 0.05) is 29.0 Å². The molecule has 0 bridgehead atoms. The van der Waals surface area contributed by atoms with Crippen molar-refractivity contribution in [1.29, 1.82) is 0 Å². The van der Waals surface area contributed by atoms with Gasteiger partial charge >= 0.3 is 0 Å². The molecule has 2 heterocycles. The van der Waals surface area contributed by atoms with Crippen LogP contribution < -0.4 is 0 Å². The van der Waals surface area contributed by atoms with Crippen molar-refractivity contribution < 1.29 is 4.39 Å². The van der Waals surface area contributed by atoms with E-state index in [0.29, 0.717) is 0 Å². The van der Waals surface area contributed by atoms with E-state index in [2.05, 4.69) is 21.9 Å². The highest BCUT2D eigenvalue weighted by atomic mass is 32.1. The van der Waals surface area contributed by atoms with Crippen LogP contribution in [-0.2, 0) is 0 Å². The number of aromatic nitrogens is 3. The SMILES string of the molecule is CCC(c1ncc[nH]1)c1cnc(-c2cccc(F)c2)s1. The minimum Gasteiger partial charge on any atom is -0.348 e. The molecule has 1 aromatic carbocycles. The molecule has 0 amide bonds. The normalized spacial score (nSPS) is 12.5. The Balaban J connectivity index is 1.93. The largest absolute Gasteiger partial charge is 0.348 e. The van der Waals surface area contributed by atoms with Gasteiger partial charge in [0.1, 0.15) is 16.6 Å². The Morgan fingerprint density at radius 1 is 1.35 bits per heavy atom. The molecule has 0 aliphatic carbocycles. The van der Waals surface area contributed by atoms with Crippen LogP contribution in [0, 0.1) is 5.82 Å². The van der Waals surface area contributed by atoms with Crippen LogP contribution in [0.3, 0.4) is 0 Å². The van der Waals surface area contributed by atoms with E-state index in [1.165, 1.54) is 12.1 Å². The Bertz CT molecular complexity index is 691. The third-order valence-corrected chi connectivity index (χ3v) is 4.36. The molecule has 0 aliphatic heterocycles. The molecule has 5 heteroatoms. The second kappa shape index (κ2) is 5.54. The van der Waals surface area contributed by atoms with E-state index >= 15 is 0 Å². The van der Waals surface area contributed by atoms with Gasteiger partial charge in [0.15, 0.2) is 0 Å². The zero-order valence-corrected chi connectivity index (χ0v) is 11.8. The summed E-state index contributed by atoms with van der Waals surface area (Å²) in [5.74, 6) is 0.920. The first kappa shape index (κ1) is 13.0. The minimum absolute atomic E-state index is 0.213. The molecule has 20 heavy (non-hydrogen) atoms. The highest BCUT2D eigenvalue weighted by Crippen LogP contribution is 2.33. The Kier molecular flexibility index (Phi) is 3.60. The molecular weight excluding hydrogens is 273 g/mol. The minimum atomic E-state index is -0.239. The second-order valence-electron chi connectivity index (χ2n) is 4.51. The molecule has 102 valence electrons. The predicted octanol–water partition coefficient (Wildman–Crippen LogP) is 4.21. The number of thiazole rings is 1. The van der Waals surface area contributed by atoms with E-state index in [-0.39, 0.29) is 11.7 Å². The summed E-state index contributed by atoms with van der Waals surface area (Å²) >= 11 is 1.59. The molecule has 0 radical (unpaired) electrons. The van der Waals surface area contributed by atoms with Crippen LogP contribution in [0.15, 0.2) is 42.9 Å². The molecule has 3 rings (SSSR count). The number of nitrogens with zero attached hydrogens (tertiary/aromatic N) is 2. The fourth-order valence-electron chi connectivity index (χ4n) is 2.20. The molecular formula is C15H14FN3S. The van der Waals surface area contributed by atoms with Gasteiger partial charge in [0.2, 0.25) is 0 Å². The summed E-state index contributed by atoms with van der Waals surface area (Å²) < 4.78 is 13.3. The van der Waals surface area contributed by atoms with Crippen molar-refractivity contribution in [2.45, 2.75) is 19.3 Å². The van der Waals surface area contributed by atoms with E-state index in [4.69, 9.17) is 0 Å². The quantitative estimate of drug-likeness (QED) is 0.780. The molecule has 3 nitrogen and oxygen atoms in total. The van der Waals surface area contributed by atoms with Crippen LogP contribution in [0.1, 0.15) is 30.0 Å². The standard InChI is InChI=1S/C15H14FN3S/c1-2-12(14-17-6-7-18-14)13-9-19-15(20-13)10-4-3-5-11(16)8-10/h3-9,12H,2H2,1H3,(H,17,18). The van der Waals surface area contributed by atoms with Crippen LogP contribution >= 0.6 is 11.3 Å². The lowest BCUT2D eigenvalue weighted by atomic mass is 10.1. The zero-order chi connectivity index (χ0) is 13.9. The number of rotatable bonds is 4. The molecule has 2 aromatic heterocycles. The maximum atomic E-state index is 13.3. The van der Waals surface area contributed by atoms with Gasteiger partial charge in [-0.15, -0.1) is 11.3 Å². The van der Waals surface area contributed by atoms with Crippen LogP contribution in [0.4, 0.5) is 4.39 Å². The van der Waals surface area contributed by atoms with Gasteiger partial charge in [-0.3, -0.25) is 0 Å². The summed E-state index contributed by atoms with van der Waals surface area (Å²) in [5, 5.41) is 0.838. The zero-order valence-electron chi connectivity index (χ0n) is 11.0. The van der Waals surface area contributed by atoms with E-state index in [0.717, 1.165) is 27.7 Å². The lowest BCUT2D eigenvalue weighted by molar-refractivity contribution is 0.628. The monoisotopic (exact) mass is 287 g/mol. The first-order chi connectivity index (χ1) is 9.78.